The summed E-state index contributed by atoms with van der Waals surface area (Å²) in [5.41, 5.74) is 0.824. The highest BCUT2D eigenvalue weighted by molar-refractivity contribution is 14.1. The van der Waals surface area contributed by atoms with Crippen molar-refractivity contribution in [2.24, 2.45) is 5.92 Å². The third kappa shape index (κ3) is 3.94. The Morgan fingerprint density at radius 1 is 1.42 bits per heavy atom. The average Bonchev–Trinajstić information content (AvgIpc) is 2.66. The minimum atomic E-state index is 0.183. The molecule has 1 saturated heterocycles. The summed E-state index contributed by atoms with van der Waals surface area (Å²) in [6, 6.07) is 5.91. The van der Waals surface area contributed by atoms with Gasteiger partial charge in [-0.25, -0.2) is 0 Å². The molecular weight excluding hydrogens is 417 g/mol. The zero-order valence-electron chi connectivity index (χ0n) is 11.2. The van der Waals surface area contributed by atoms with Gasteiger partial charge >= 0.3 is 0 Å². The van der Waals surface area contributed by atoms with E-state index in [1.165, 1.54) is 12.8 Å². The Kier molecular flexibility index (Phi) is 5.69. The Hall–Kier alpha value is -0.100. The molecule has 0 bridgehead atoms. The van der Waals surface area contributed by atoms with E-state index in [-0.39, 0.29) is 5.91 Å². The van der Waals surface area contributed by atoms with Gasteiger partial charge in [-0.15, -0.1) is 0 Å². The van der Waals surface area contributed by atoms with Gasteiger partial charge in [0.2, 0.25) is 0 Å². The van der Waals surface area contributed by atoms with Crippen LogP contribution in [-0.2, 0) is 0 Å². The predicted molar refractivity (Wildman–Crippen MR) is 90.4 cm³/mol. The van der Waals surface area contributed by atoms with E-state index in [2.05, 4.69) is 45.4 Å². The van der Waals surface area contributed by atoms with Crippen LogP contribution in [0.4, 0.5) is 0 Å². The molecule has 0 radical (unpaired) electrons. The molecule has 1 atom stereocenters. The molecule has 0 aromatic heterocycles. The van der Waals surface area contributed by atoms with Crippen molar-refractivity contribution in [3.63, 3.8) is 0 Å². The van der Waals surface area contributed by atoms with Crippen LogP contribution in [0.1, 0.15) is 43.0 Å². The van der Waals surface area contributed by atoms with Gasteiger partial charge in [-0.3, -0.25) is 4.79 Å². The SMILES string of the molecule is CCC1CCCN(C(=O)c2cc(Br)ccc2I)CC1. The van der Waals surface area contributed by atoms with Gasteiger partial charge in [0.1, 0.15) is 0 Å². The van der Waals surface area contributed by atoms with E-state index in [0.29, 0.717) is 0 Å². The van der Waals surface area contributed by atoms with E-state index in [0.717, 1.165) is 45.5 Å². The van der Waals surface area contributed by atoms with E-state index in [1.54, 1.807) is 0 Å². The summed E-state index contributed by atoms with van der Waals surface area (Å²) in [5.74, 6) is 0.974. The number of nitrogens with zero attached hydrogens (tertiary/aromatic N) is 1. The van der Waals surface area contributed by atoms with Crippen molar-refractivity contribution in [2.45, 2.75) is 32.6 Å². The fraction of sp³-hybridized carbons (Fsp3) is 0.533. The molecule has 1 aliphatic rings. The Bertz CT molecular complexity index is 463. The van der Waals surface area contributed by atoms with Crippen molar-refractivity contribution in [2.75, 3.05) is 13.1 Å². The van der Waals surface area contributed by atoms with Gasteiger partial charge in [-0.2, -0.15) is 0 Å². The minimum absolute atomic E-state index is 0.183. The number of likely N-dealkylation sites (tertiary alicyclic amines) is 1. The molecule has 104 valence electrons. The second-order valence-corrected chi connectivity index (χ2v) is 7.20. The lowest BCUT2D eigenvalue weighted by Gasteiger charge is -2.21. The van der Waals surface area contributed by atoms with E-state index in [4.69, 9.17) is 0 Å². The maximum Gasteiger partial charge on any atom is 0.254 e. The number of hydrogen-bond donors (Lipinski definition) is 0. The summed E-state index contributed by atoms with van der Waals surface area (Å²) in [4.78, 5) is 14.6. The Balaban J connectivity index is 2.13. The number of carbonyl (C=O) groups is 1. The van der Waals surface area contributed by atoms with Gasteiger partial charge in [-0.05, 0) is 66.0 Å². The lowest BCUT2D eigenvalue weighted by atomic mass is 9.98. The number of carbonyl (C=O) groups excluding carboxylic acids is 1. The highest BCUT2D eigenvalue weighted by atomic mass is 127. The molecule has 1 fully saturated rings. The highest BCUT2D eigenvalue weighted by Crippen LogP contribution is 2.24. The minimum Gasteiger partial charge on any atom is -0.339 e. The van der Waals surface area contributed by atoms with Crippen molar-refractivity contribution in [3.05, 3.63) is 31.8 Å². The summed E-state index contributed by atoms with van der Waals surface area (Å²) in [7, 11) is 0. The molecule has 2 rings (SSSR count). The van der Waals surface area contributed by atoms with Gasteiger partial charge in [0.25, 0.3) is 5.91 Å². The summed E-state index contributed by atoms with van der Waals surface area (Å²) >= 11 is 5.69. The molecule has 1 aromatic rings. The summed E-state index contributed by atoms with van der Waals surface area (Å²) in [6.07, 6.45) is 4.77. The monoisotopic (exact) mass is 435 g/mol. The molecule has 0 N–H and O–H groups in total. The van der Waals surface area contributed by atoms with Crippen molar-refractivity contribution < 1.29 is 4.79 Å². The van der Waals surface area contributed by atoms with Crippen LogP contribution in [0.15, 0.2) is 22.7 Å². The van der Waals surface area contributed by atoms with Crippen molar-refractivity contribution >= 4 is 44.4 Å². The molecule has 1 aliphatic heterocycles. The third-order valence-electron chi connectivity index (χ3n) is 3.87. The highest BCUT2D eigenvalue weighted by Gasteiger charge is 2.22. The van der Waals surface area contributed by atoms with Gasteiger partial charge in [-0.1, -0.05) is 29.3 Å². The number of amides is 1. The first kappa shape index (κ1) is 15.3. The molecule has 0 spiro atoms. The van der Waals surface area contributed by atoms with Crippen LogP contribution in [0.25, 0.3) is 0 Å². The summed E-state index contributed by atoms with van der Waals surface area (Å²) < 4.78 is 2.00. The first-order valence-electron chi connectivity index (χ1n) is 6.86. The molecular formula is C15H19BrINO. The maximum absolute atomic E-state index is 12.6. The van der Waals surface area contributed by atoms with Gasteiger partial charge < -0.3 is 4.90 Å². The van der Waals surface area contributed by atoms with Gasteiger partial charge in [0, 0.05) is 21.1 Å². The van der Waals surface area contributed by atoms with E-state index >= 15 is 0 Å². The lowest BCUT2D eigenvalue weighted by molar-refractivity contribution is 0.0759. The lowest BCUT2D eigenvalue weighted by Crippen LogP contribution is -2.32. The standard InChI is InChI=1S/C15H19BrINO/c1-2-11-4-3-8-18(9-7-11)15(19)13-10-12(16)5-6-14(13)17/h5-6,10-11H,2-4,7-9H2,1H3. The van der Waals surface area contributed by atoms with E-state index in [9.17, 15) is 4.79 Å². The van der Waals surface area contributed by atoms with Crippen LogP contribution < -0.4 is 0 Å². The molecule has 1 heterocycles. The smallest absolute Gasteiger partial charge is 0.254 e. The first-order chi connectivity index (χ1) is 9.11. The maximum atomic E-state index is 12.6. The predicted octanol–water partition coefficient (Wildman–Crippen LogP) is 4.71. The normalized spacial score (nSPS) is 20.2. The summed E-state index contributed by atoms with van der Waals surface area (Å²) in [6.45, 7) is 4.05. The average molecular weight is 436 g/mol. The van der Waals surface area contributed by atoms with Crippen molar-refractivity contribution in [1.82, 2.24) is 4.90 Å². The van der Waals surface area contributed by atoms with Crippen molar-refractivity contribution in [3.8, 4) is 0 Å². The topological polar surface area (TPSA) is 20.3 Å². The first-order valence-corrected chi connectivity index (χ1v) is 8.73. The largest absolute Gasteiger partial charge is 0.339 e. The zero-order chi connectivity index (χ0) is 13.8. The molecule has 1 unspecified atom stereocenters. The second-order valence-electron chi connectivity index (χ2n) is 5.12. The van der Waals surface area contributed by atoms with Crippen LogP contribution in [0, 0.1) is 9.49 Å². The Labute approximate surface area is 137 Å². The van der Waals surface area contributed by atoms with Gasteiger partial charge in [0.15, 0.2) is 0 Å². The number of rotatable bonds is 2. The third-order valence-corrected chi connectivity index (χ3v) is 5.30. The molecule has 4 heteroatoms. The molecule has 19 heavy (non-hydrogen) atoms. The van der Waals surface area contributed by atoms with Crippen LogP contribution in [-0.4, -0.2) is 23.9 Å². The fourth-order valence-corrected chi connectivity index (χ4v) is 3.54. The number of halogens is 2. The van der Waals surface area contributed by atoms with Crippen LogP contribution in [0.5, 0.6) is 0 Å². The number of benzene rings is 1. The van der Waals surface area contributed by atoms with E-state index in [1.807, 2.05) is 23.1 Å². The quantitative estimate of drug-likeness (QED) is 0.616. The Morgan fingerprint density at radius 3 is 2.95 bits per heavy atom. The molecule has 1 aromatic carbocycles. The van der Waals surface area contributed by atoms with Crippen LogP contribution in [0.3, 0.4) is 0 Å². The zero-order valence-corrected chi connectivity index (χ0v) is 14.9. The van der Waals surface area contributed by atoms with E-state index < -0.39 is 0 Å². The molecule has 0 aliphatic carbocycles. The molecule has 1 amide bonds. The van der Waals surface area contributed by atoms with Crippen LogP contribution >= 0.6 is 38.5 Å². The second kappa shape index (κ2) is 7.07. The summed E-state index contributed by atoms with van der Waals surface area (Å²) in [5, 5.41) is 0. The number of hydrogen-bond acceptors (Lipinski definition) is 1. The van der Waals surface area contributed by atoms with Gasteiger partial charge in [0.05, 0.1) is 5.56 Å². The molecule has 0 saturated carbocycles. The Morgan fingerprint density at radius 2 is 2.21 bits per heavy atom. The van der Waals surface area contributed by atoms with Crippen LogP contribution in [0.2, 0.25) is 0 Å². The fourth-order valence-electron chi connectivity index (χ4n) is 2.61. The van der Waals surface area contributed by atoms with Crippen molar-refractivity contribution in [1.29, 1.82) is 0 Å². The molecule has 2 nitrogen and oxygen atoms in total.